The molecule has 114 valence electrons. The topological polar surface area (TPSA) is 60.2 Å². The highest BCUT2D eigenvalue weighted by Crippen LogP contribution is 2.27. The summed E-state index contributed by atoms with van der Waals surface area (Å²) in [6, 6.07) is 7.11. The summed E-state index contributed by atoms with van der Waals surface area (Å²) < 4.78 is 46.4. The van der Waals surface area contributed by atoms with Gasteiger partial charge in [-0.15, -0.1) is 0 Å². The van der Waals surface area contributed by atoms with Gasteiger partial charge in [0.1, 0.15) is 5.75 Å². The molecule has 0 saturated carbocycles. The Morgan fingerprint density at radius 1 is 1.29 bits per heavy atom. The molecule has 1 aromatic carbocycles. The summed E-state index contributed by atoms with van der Waals surface area (Å²) in [6.45, 7) is 1.07. The van der Waals surface area contributed by atoms with Crippen LogP contribution in [0.1, 0.15) is 12.8 Å². The van der Waals surface area contributed by atoms with E-state index in [9.17, 15) is 13.2 Å². The monoisotopic (exact) mass is 301 g/mol. The first-order chi connectivity index (χ1) is 9.99. The number of halogens is 3. The van der Waals surface area contributed by atoms with Crippen LogP contribution >= 0.6 is 0 Å². The van der Waals surface area contributed by atoms with Gasteiger partial charge in [-0.3, -0.25) is 0 Å². The van der Waals surface area contributed by atoms with Crippen LogP contribution in [0.25, 0.3) is 11.4 Å². The van der Waals surface area contributed by atoms with Gasteiger partial charge in [-0.25, -0.2) is 0 Å². The quantitative estimate of drug-likeness (QED) is 0.889. The van der Waals surface area contributed by atoms with Crippen molar-refractivity contribution in [3.8, 4) is 17.1 Å². The first-order valence-electron chi connectivity index (χ1n) is 6.32. The molecule has 0 amide bonds. The maximum absolute atomic E-state index is 12.0. The first kappa shape index (κ1) is 15.3. The van der Waals surface area contributed by atoms with E-state index in [0.717, 1.165) is 0 Å². The van der Waals surface area contributed by atoms with Crippen molar-refractivity contribution >= 4 is 0 Å². The standard InChI is InChI=1S/C13H14F3N3O2/c1-2-20-10-6-4-3-5-9(10)12-18-11(21-19-12)7-17-8-13(14,15)16/h3-6,17H,2,7-8H2,1H3. The Hall–Kier alpha value is -2.09. The van der Waals surface area contributed by atoms with Crippen LogP contribution in [0.4, 0.5) is 13.2 Å². The molecule has 0 atom stereocenters. The number of hydrogen-bond donors (Lipinski definition) is 1. The third-order valence-electron chi connectivity index (χ3n) is 2.50. The minimum absolute atomic E-state index is 0.0838. The van der Waals surface area contributed by atoms with E-state index in [2.05, 4.69) is 15.5 Å². The molecule has 21 heavy (non-hydrogen) atoms. The maximum atomic E-state index is 12.0. The molecule has 1 heterocycles. The van der Waals surface area contributed by atoms with E-state index in [1.54, 1.807) is 24.3 Å². The molecule has 0 bridgehead atoms. The lowest BCUT2D eigenvalue weighted by molar-refractivity contribution is -0.125. The van der Waals surface area contributed by atoms with Crippen molar-refractivity contribution in [1.29, 1.82) is 0 Å². The van der Waals surface area contributed by atoms with Crippen molar-refractivity contribution in [2.75, 3.05) is 13.2 Å². The fourth-order valence-electron chi connectivity index (χ4n) is 1.68. The highest BCUT2D eigenvalue weighted by atomic mass is 19.4. The van der Waals surface area contributed by atoms with E-state index >= 15 is 0 Å². The molecular weight excluding hydrogens is 287 g/mol. The van der Waals surface area contributed by atoms with Gasteiger partial charge in [-0.05, 0) is 19.1 Å². The van der Waals surface area contributed by atoms with Crippen LogP contribution in [-0.2, 0) is 6.54 Å². The second-order valence-corrected chi connectivity index (χ2v) is 4.16. The van der Waals surface area contributed by atoms with Crippen molar-refractivity contribution in [3.05, 3.63) is 30.2 Å². The number of nitrogens with one attached hydrogen (secondary N) is 1. The Kier molecular flexibility index (Phi) is 4.79. The molecule has 1 N–H and O–H groups in total. The predicted octanol–water partition coefficient (Wildman–Crippen LogP) is 2.79. The average molecular weight is 301 g/mol. The molecule has 0 spiro atoms. The molecule has 2 rings (SSSR count). The van der Waals surface area contributed by atoms with E-state index in [4.69, 9.17) is 9.26 Å². The van der Waals surface area contributed by atoms with E-state index in [1.165, 1.54) is 0 Å². The Bertz CT molecular complexity index is 584. The highest BCUT2D eigenvalue weighted by molar-refractivity contribution is 5.63. The summed E-state index contributed by atoms with van der Waals surface area (Å²) >= 11 is 0. The van der Waals surface area contributed by atoms with Crippen LogP contribution in [0.2, 0.25) is 0 Å². The summed E-state index contributed by atoms with van der Waals surface area (Å²) in [7, 11) is 0. The Balaban J connectivity index is 2.06. The zero-order valence-corrected chi connectivity index (χ0v) is 11.3. The van der Waals surface area contributed by atoms with Crippen LogP contribution in [0, 0.1) is 0 Å². The van der Waals surface area contributed by atoms with Gasteiger partial charge < -0.3 is 14.6 Å². The van der Waals surface area contributed by atoms with Gasteiger partial charge in [-0.2, -0.15) is 18.2 Å². The summed E-state index contributed by atoms with van der Waals surface area (Å²) in [6.07, 6.45) is -4.27. The Morgan fingerprint density at radius 3 is 2.76 bits per heavy atom. The van der Waals surface area contributed by atoms with Crippen molar-refractivity contribution in [3.63, 3.8) is 0 Å². The summed E-state index contributed by atoms with van der Waals surface area (Å²) in [5, 5.41) is 5.95. The fourth-order valence-corrected chi connectivity index (χ4v) is 1.68. The molecule has 0 aliphatic rings. The normalized spacial score (nSPS) is 11.6. The Labute approximate surface area is 119 Å². The number of rotatable bonds is 6. The molecule has 2 aromatic rings. The molecule has 8 heteroatoms. The lowest BCUT2D eigenvalue weighted by Gasteiger charge is -2.06. The van der Waals surface area contributed by atoms with Gasteiger partial charge in [0, 0.05) is 0 Å². The largest absolute Gasteiger partial charge is 0.493 e. The summed E-state index contributed by atoms with van der Waals surface area (Å²) in [4.78, 5) is 4.06. The molecule has 0 aliphatic heterocycles. The van der Waals surface area contributed by atoms with Gasteiger partial charge in [0.25, 0.3) is 0 Å². The van der Waals surface area contributed by atoms with Crippen molar-refractivity contribution < 1.29 is 22.4 Å². The van der Waals surface area contributed by atoms with Crippen molar-refractivity contribution in [2.24, 2.45) is 0 Å². The minimum atomic E-state index is -4.27. The van der Waals surface area contributed by atoms with Crippen molar-refractivity contribution in [1.82, 2.24) is 15.5 Å². The lowest BCUT2D eigenvalue weighted by Crippen LogP contribution is -2.28. The first-order valence-corrected chi connectivity index (χ1v) is 6.32. The average Bonchev–Trinajstić information content (AvgIpc) is 2.87. The SMILES string of the molecule is CCOc1ccccc1-c1noc(CNCC(F)(F)F)n1. The van der Waals surface area contributed by atoms with Gasteiger partial charge in [0.2, 0.25) is 11.7 Å². The van der Waals surface area contributed by atoms with E-state index in [1.807, 2.05) is 6.92 Å². The fraction of sp³-hybridized carbons (Fsp3) is 0.385. The molecule has 0 unspecified atom stereocenters. The van der Waals surface area contributed by atoms with Crippen LogP contribution in [0.3, 0.4) is 0 Å². The minimum Gasteiger partial charge on any atom is -0.493 e. The number of ether oxygens (including phenoxy) is 1. The third kappa shape index (κ3) is 4.45. The highest BCUT2D eigenvalue weighted by Gasteiger charge is 2.26. The van der Waals surface area contributed by atoms with Crippen LogP contribution in [0.15, 0.2) is 28.8 Å². The molecule has 5 nitrogen and oxygen atoms in total. The smallest absolute Gasteiger partial charge is 0.401 e. The van der Waals surface area contributed by atoms with Crippen LogP contribution < -0.4 is 10.1 Å². The second kappa shape index (κ2) is 6.57. The zero-order chi connectivity index (χ0) is 15.3. The molecule has 0 fully saturated rings. The number of benzene rings is 1. The number of aromatic nitrogens is 2. The Morgan fingerprint density at radius 2 is 2.05 bits per heavy atom. The molecule has 0 radical (unpaired) electrons. The van der Waals surface area contributed by atoms with E-state index in [-0.39, 0.29) is 18.3 Å². The predicted molar refractivity (Wildman–Crippen MR) is 68.7 cm³/mol. The molecule has 0 aliphatic carbocycles. The van der Waals surface area contributed by atoms with Crippen molar-refractivity contribution in [2.45, 2.75) is 19.6 Å². The van der Waals surface area contributed by atoms with E-state index < -0.39 is 12.7 Å². The maximum Gasteiger partial charge on any atom is 0.401 e. The van der Waals surface area contributed by atoms with E-state index in [0.29, 0.717) is 17.9 Å². The molecule has 1 aromatic heterocycles. The van der Waals surface area contributed by atoms with Gasteiger partial charge in [0.05, 0.1) is 25.3 Å². The van der Waals surface area contributed by atoms with Crippen LogP contribution in [0.5, 0.6) is 5.75 Å². The number of para-hydroxylation sites is 1. The molecular formula is C13H14F3N3O2. The third-order valence-corrected chi connectivity index (χ3v) is 2.50. The summed E-state index contributed by atoms with van der Waals surface area (Å²) in [5.41, 5.74) is 0.630. The second-order valence-electron chi connectivity index (χ2n) is 4.16. The van der Waals surface area contributed by atoms with Gasteiger partial charge >= 0.3 is 6.18 Å². The zero-order valence-electron chi connectivity index (χ0n) is 11.3. The summed E-state index contributed by atoms with van der Waals surface area (Å²) in [5.74, 6) is 0.957. The number of alkyl halides is 3. The van der Waals surface area contributed by atoms with Gasteiger partial charge in [-0.1, -0.05) is 17.3 Å². The lowest BCUT2D eigenvalue weighted by atomic mass is 10.2. The number of hydrogen-bond acceptors (Lipinski definition) is 5. The van der Waals surface area contributed by atoms with Gasteiger partial charge in [0.15, 0.2) is 0 Å². The van der Waals surface area contributed by atoms with Crippen LogP contribution in [-0.4, -0.2) is 29.5 Å². The number of nitrogens with zero attached hydrogens (tertiary/aromatic N) is 2. The molecule has 0 saturated heterocycles.